The lowest BCUT2D eigenvalue weighted by Crippen LogP contribution is -1.87. The molecule has 3 aromatic rings. The van der Waals surface area contributed by atoms with E-state index in [0.717, 1.165) is 11.1 Å². The molecule has 0 saturated heterocycles. The molecule has 0 radical (unpaired) electrons. The van der Waals surface area contributed by atoms with Gasteiger partial charge in [-0.25, -0.2) is 9.97 Å². The number of nitrogens with one attached hydrogen (secondary N) is 1. The van der Waals surface area contributed by atoms with Gasteiger partial charge in [-0.2, -0.15) is 0 Å². The number of aromatic nitrogens is 3. The van der Waals surface area contributed by atoms with E-state index in [4.69, 9.17) is 17.3 Å². The second kappa shape index (κ2) is 3.75. The van der Waals surface area contributed by atoms with Crippen molar-refractivity contribution < 1.29 is 0 Å². The van der Waals surface area contributed by atoms with Gasteiger partial charge >= 0.3 is 0 Å². The maximum absolute atomic E-state index is 6.11. The normalized spacial score (nSPS) is 10.9. The van der Waals surface area contributed by atoms with Gasteiger partial charge in [0.2, 0.25) is 0 Å². The average Bonchev–Trinajstić information content (AvgIpc) is 2.75. The maximum Gasteiger partial charge on any atom is 0.180 e. The standard InChI is InChI=1S/C12H9ClN4/c13-8-4-2-1-3-7(8)11-16-10-9(14)5-6-15-12(10)17-11/h1-6H,(H3,14,15,16,17). The van der Waals surface area contributed by atoms with Crippen molar-refractivity contribution in [3.63, 3.8) is 0 Å². The summed E-state index contributed by atoms with van der Waals surface area (Å²) >= 11 is 6.11. The fourth-order valence-corrected chi connectivity index (χ4v) is 1.94. The summed E-state index contributed by atoms with van der Waals surface area (Å²) in [6.45, 7) is 0. The number of halogens is 1. The highest BCUT2D eigenvalue weighted by Crippen LogP contribution is 2.27. The van der Waals surface area contributed by atoms with Gasteiger partial charge < -0.3 is 10.7 Å². The number of nitrogens with two attached hydrogens (primary N) is 1. The molecule has 3 N–H and O–H groups in total. The molecule has 84 valence electrons. The third-order valence-corrected chi connectivity index (χ3v) is 2.88. The zero-order valence-electron chi connectivity index (χ0n) is 8.81. The Morgan fingerprint density at radius 2 is 2.00 bits per heavy atom. The molecule has 0 saturated carbocycles. The van der Waals surface area contributed by atoms with Crippen molar-refractivity contribution in [2.75, 3.05) is 5.73 Å². The number of H-pyrrole nitrogens is 1. The van der Waals surface area contributed by atoms with Crippen LogP contribution in [-0.4, -0.2) is 15.0 Å². The first kappa shape index (κ1) is 10.1. The fraction of sp³-hybridized carbons (Fsp3) is 0. The van der Waals surface area contributed by atoms with Crippen LogP contribution >= 0.6 is 11.6 Å². The van der Waals surface area contributed by atoms with Gasteiger partial charge in [0.05, 0.1) is 10.7 Å². The molecule has 0 amide bonds. The molecule has 0 aliphatic carbocycles. The summed E-state index contributed by atoms with van der Waals surface area (Å²) < 4.78 is 0. The summed E-state index contributed by atoms with van der Waals surface area (Å²) in [5.74, 6) is 0.677. The molecule has 4 nitrogen and oxygen atoms in total. The molecule has 3 rings (SSSR count). The third kappa shape index (κ3) is 1.62. The lowest BCUT2D eigenvalue weighted by molar-refractivity contribution is 1.30. The van der Waals surface area contributed by atoms with E-state index in [1.807, 2.05) is 24.3 Å². The number of nitrogen functional groups attached to an aromatic ring is 1. The van der Waals surface area contributed by atoms with Gasteiger partial charge in [0.1, 0.15) is 11.3 Å². The van der Waals surface area contributed by atoms with Crippen molar-refractivity contribution in [1.82, 2.24) is 15.0 Å². The number of nitrogens with zero attached hydrogens (tertiary/aromatic N) is 2. The summed E-state index contributed by atoms with van der Waals surface area (Å²) in [4.78, 5) is 11.7. The molecule has 0 spiro atoms. The molecule has 1 aromatic carbocycles. The Morgan fingerprint density at radius 1 is 1.18 bits per heavy atom. The molecule has 0 aliphatic rings. The van der Waals surface area contributed by atoms with E-state index in [1.165, 1.54) is 0 Å². The maximum atomic E-state index is 6.11. The van der Waals surface area contributed by atoms with Crippen molar-refractivity contribution >= 4 is 28.5 Å². The molecule has 0 atom stereocenters. The van der Waals surface area contributed by atoms with Crippen molar-refractivity contribution in [3.05, 3.63) is 41.6 Å². The lowest BCUT2D eigenvalue weighted by atomic mass is 10.2. The third-order valence-electron chi connectivity index (χ3n) is 2.55. The molecular weight excluding hydrogens is 236 g/mol. The van der Waals surface area contributed by atoms with Crippen LogP contribution in [0.15, 0.2) is 36.5 Å². The van der Waals surface area contributed by atoms with Crippen LogP contribution in [0, 0.1) is 0 Å². The number of aromatic amines is 1. The Bertz CT molecular complexity index is 690. The quantitative estimate of drug-likeness (QED) is 0.692. The lowest BCUT2D eigenvalue weighted by Gasteiger charge is -1.98. The van der Waals surface area contributed by atoms with E-state index in [2.05, 4.69) is 15.0 Å². The minimum Gasteiger partial charge on any atom is -0.397 e. The van der Waals surface area contributed by atoms with E-state index in [9.17, 15) is 0 Å². The second-order valence-corrected chi connectivity index (χ2v) is 4.07. The molecule has 5 heteroatoms. The van der Waals surface area contributed by atoms with E-state index in [1.54, 1.807) is 12.3 Å². The van der Waals surface area contributed by atoms with Crippen LogP contribution in [0.2, 0.25) is 5.02 Å². The number of imidazole rings is 1. The number of hydrogen-bond acceptors (Lipinski definition) is 3. The highest BCUT2D eigenvalue weighted by Gasteiger charge is 2.10. The Morgan fingerprint density at radius 3 is 2.76 bits per heavy atom. The average molecular weight is 245 g/mol. The molecule has 0 fully saturated rings. The molecular formula is C12H9ClN4. The van der Waals surface area contributed by atoms with Crippen LogP contribution in [0.1, 0.15) is 0 Å². The second-order valence-electron chi connectivity index (χ2n) is 3.66. The summed E-state index contributed by atoms with van der Waals surface area (Å²) in [6, 6.07) is 9.24. The van der Waals surface area contributed by atoms with Gasteiger partial charge in [0, 0.05) is 11.8 Å². The Balaban J connectivity index is 2.26. The van der Waals surface area contributed by atoms with Gasteiger partial charge in [-0.05, 0) is 18.2 Å². The zero-order chi connectivity index (χ0) is 11.8. The SMILES string of the molecule is Nc1ccnc2nc(-c3ccccc3Cl)[nH]c12. The van der Waals surface area contributed by atoms with E-state index in [0.29, 0.717) is 22.2 Å². The molecule has 0 aliphatic heterocycles. The summed E-state index contributed by atoms with van der Waals surface area (Å²) in [5.41, 5.74) is 8.64. The Hall–Kier alpha value is -2.07. The predicted molar refractivity (Wildman–Crippen MR) is 68.7 cm³/mol. The van der Waals surface area contributed by atoms with Gasteiger partial charge in [-0.3, -0.25) is 0 Å². The topological polar surface area (TPSA) is 67.6 Å². The Kier molecular flexibility index (Phi) is 2.23. The van der Waals surface area contributed by atoms with Gasteiger partial charge in [0.25, 0.3) is 0 Å². The summed E-state index contributed by atoms with van der Waals surface area (Å²) in [6.07, 6.45) is 1.63. The molecule has 2 heterocycles. The van der Waals surface area contributed by atoms with Crippen LogP contribution in [0.25, 0.3) is 22.6 Å². The first-order valence-corrected chi connectivity index (χ1v) is 5.48. The number of anilines is 1. The van der Waals surface area contributed by atoms with Gasteiger partial charge in [-0.1, -0.05) is 23.7 Å². The van der Waals surface area contributed by atoms with Crippen molar-refractivity contribution in [1.29, 1.82) is 0 Å². The van der Waals surface area contributed by atoms with Crippen molar-refractivity contribution in [2.24, 2.45) is 0 Å². The first-order chi connectivity index (χ1) is 8.25. The van der Waals surface area contributed by atoms with Crippen LogP contribution in [-0.2, 0) is 0 Å². The zero-order valence-corrected chi connectivity index (χ0v) is 9.57. The number of fused-ring (bicyclic) bond motifs is 1. The number of hydrogen-bond donors (Lipinski definition) is 2. The number of rotatable bonds is 1. The largest absolute Gasteiger partial charge is 0.397 e. The Labute approximate surface area is 102 Å². The van der Waals surface area contributed by atoms with Gasteiger partial charge in [0.15, 0.2) is 5.65 Å². The number of benzene rings is 1. The highest BCUT2D eigenvalue weighted by atomic mass is 35.5. The minimum atomic E-state index is 0.597. The molecule has 17 heavy (non-hydrogen) atoms. The smallest absolute Gasteiger partial charge is 0.180 e. The molecule has 0 bridgehead atoms. The highest BCUT2D eigenvalue weighted by molar-refractivity contribution is 6.33. The van der Waals surface area contributed by atoms with E-state index >= 15 is 0 Å². The first-order valence-electron chi connectivity index (χ1n) is 5.11. The minimum absolute atomic E-state index is 0.597. The van der Waals surface area contributed by atoms with E-state index < -0.39 is 0 Å². The monoisotopic (exact) mass is 244 g/mol. The van der Waals surface area contributed by atoms with Crippen molar-refractivity contribution in [2.45, 2.75) is 0 Å². The molecule has 2 aromatic heterocycles. The van der Waals surface area contributed by atoms with Crippen LogP contribution in [0.5, 0.6) is 0 Å². The fourth-order valence-electron chi connectivity index (χ4n) is 1.71. The molecule has 0 unspecified atom stereocenters. The predicted octanol–water partition coefficient (Wildman–Crippen LogP) is 2.86. The van der Waals surface area contributed by atoms with Crippen LogP contribution in [0.3, 0.4) is 0 Å². The van der Waals surface area contributed by atoms with Gasteiger partial charge in [-0.15, -0.1) is 0 Å². The van der Waals surface area contributed by atoms with E-state index in [-0.39, 0.29) is 0 Å². The summed E-state index contributed by atoms with van der Waals surface area (Å²) in [7, 11) is 0. The van der Waals surface area contributed by atoms with Crippen molar-refractivity contribution in [3.8, 4) is 11.4 Å². The van der Waals surface area contributed by atoms with Crippen LogP contribution in [0.4, 0.5) is 5.69 Å². The number of pyridine rings is 1. The summed E-state index contributed by atoms with van der Waals surface area (Å²) in [5, 5.41) is 0.644. The van der Waals surface area contributed by atoms with Crippen LogP contribution < -0.4 is 5.73 Å².